The summed E-state index contributed by atoms with van der Waals surface area (Å²) in [5, 5.41) is 8.87. The van der Waals surface area contributed by atoms with Gasteiger partial charge in [-0.25, -0.2) is 4.98 Å². The van der Waals surface area contributed by atoms with Crippen LogP contribution in [0.4, 0.5) is 10.2 Å². The molecule has 1 aromatic rings. The van der Waals surface area contributed by atoms with Crippen LogP contribution < -0.4 is 4.90 Å². The van der Waals surface area contributed by atoms with Gasteiger partial charge < -0.3 is 10.0 Å². The SMILES string of the molecule is CC(CO)N(C)c1cccc(F)n1. The lowest BCUT2D eigenvalue weighted by molar-refractivity contribution is 0.269. The van der Waals surface area contributed by atoms with Crippen molar-refractivity contribution in [2.75, 3.05) is 18.6 Å². The van der Waals surface area contributed by atoms with Crippen molar-refractivity contribution in [1.82, 2.24) is 4.98 Å². The van der Waals surface area contributed by atoms with Crippen molar-refractivity contribution in [3.05, 3.63) is 24.1 Å². The van der Waals surface area contributed by atoms with E-state index in [0.717, 1.165) is 0 Å². The molecule has 0 spiro atoms. The minimum absolute atomic E-state index is 0.0225. The van der Waals surface area contributed by atoms with Crippen molar-refractivity contribution < 1.29 is 9.50 Å². The monoisotopic (exact) mass is 184 g/mol. The number of hydrogen-bond acceptors (Lipinski definition) is 3. The van der Waals surface area contributed by atoms with Gasteiger partial charge >= 0.3 is 0 Å². The van der Waals surface area contributed by atoms with Crippen LogP contribution in [0, 0.1) is 5.95 Å². The van der Waals surface area contributed by atoms with Gasteiger partial charge in [0.15, 0.2) is 0 Å². The number of nitrogens with zero attached hydrogens (tertiary/aromatic N) is 2. The van der Waals surface area contributed by atoms with Crippen molar-refractivity contribution in [2.45, 2.75) is 13.0 Å². The number of likely N-dealkylation sites (N-methyl/N-ethyl adjacent to an activating group) is 1. The van der Waals surface area contributed by atoms with Gasteiger partial charge in [0.25, 0.3) is 0 Å². The number of aliphatic hydroxyl groups is 1. The first kappa shape index (κ1) is 9.92. The third-order valence-corrected chi connectivity index (χ3v) is 1.99. The molecule has 0 bridgehead atoms. The van der Waals surface area contributed by atoms with Crippen LogP contribution in [-0.2, 0) is 0 Å². The number of hydrogen-bond donors (Lipinski definition) is 1. The molecule has 72 valence electrons. The molecule has 1 aromatic heterocycles. The van der Waals surface area contributed by atoms with Crippen molar-refractivity contribution in [3.8, 4) is 0 Å². The number of pyridine rings is 1. The first-order valence-corrected chi connectivity index (χ1v) is 4.11. The Hall–Kier alpha value is -1.16. The van der Waals surface area contributed by atoms with Crippen LogP contribution >= 0.6 is 0 Å². The Morgan fingerprint density at radius 2 is 2.31 bits per heavy atom. The predicted molar refractivity (Wildman–Crippen MR) is 49.1 cm³/mol. The van der Waals surface area contributed by atoms with Gasteiger partial charge in [-0.15, -0.1) is 0 Å². The van der Waals surface area contributed by atoms with E-state index in [2.05, 4.69) is 4.98 Å². The lowest BCUT2D eigenvalue weighted by atomic mass is 10.3. The van der Waals surface area contributed by atoms with Crippen LogP contribution in [0.15, 0.2) is 18.2 Å². The number of anilines is 1. The number of halogens is 1. The average Bonchev–Trinajstić information content (AvgIpc) is 2.15. The highest BCUT2D eigenvalue weighted by molar-refractivity contribution is 5.37. The van der Waals surface area contributed by atoms with E-state index >= 15 is 0 Å². The molecule has 4 heteroatoms. The summed E-state index contributed by atoms with van der Waals surface area (Å²) in [6.07, 6.45) is 0. The predicted octanol–water partition coefficient (Wildman–Crippen LogP) is 1.04. The van der Waals surface area contributed by atoms with E-state index in [1.807, 2.05) is 6.92 Å². The van der Waals surface area contributed by atoms with Gasteiger partial charge in [0, 0.05) is 7.05 Å². The maximum atomic E-state index is 12.7. The zero-order chi connectivity index (χ0) is 9.84. The van der Waals surface area contributed by atoms with E-state index in [9.17, 15) is 4.39 Å². The minimum atomic E-state index is -0.505. The summed E-state index contributed by atoms with van der Waals surface area (Å²) in [7, 11) is 1.77. The highest BCUT2D eigenvalue weighted by atomic mass is 19.1. The summed E-state index contributed by atoms with van der Waals surface area (Å²) < 4.78 is 12.7. The van der Waals surface area contributed by atoms with Crippen molar-refractivity contribution in [1.29, 1.82) is 0 Å². The smallest absolute Gasteiger partial charge is 0.214 e. The summed E-state index contributed by atoms with van der Waals surface area (Å²) in [6.45, 7) is 1.86. The van der Waals surface area contributed by atoms with Crippen molar-refractivity contribution in [2.24, 2.45) is 0 Å². The first-order valence-electron chi connectivity index (χ1n) is 4.11. The van der Waals surface area contributed by atoms with Gasteiger partial charge in [-0.2, -0.15) is 4.39 Å². The fourth-order valence-electron chi connectivity index (χ4n) is 0.942. The van der Waals surface area contributed by atoms with E-state index in [1.165, 1.54) is 6.07 Å². The number of aromatic nitrogens is 1. The Kier molecular flexibility index (Phi) is 3.19. The number of aliphatic hydroxyl groups excluding tert-OH is 1. The Labute approximate surface area is 76.8 Å². The lowest BCUT2D eigenvalue weighted by Crippen LogP contribution is -2.32. The van der Waals surface area contributed by atoms with Crippen molar-refractivity contribution >= 4 is 5.82 Å². The quantitative estimate of drug-likeness (QED) is 0.713. The minimum Gasteiger partial charge on any atom is -0.394 e. The Morgan fingerprint density at radius 3 is 2.85 bits per heavy atom. The molecule has 0 aliphatic carbocycles. The lowest BCUT2D eigenvalue weighted by Gasteiger charge is -2.23. The molecule has 1 atom stereocenters. The molecule has 0 aliphatic heterocycles. The summed E-state index contributed by atoms with van der Waals surface area (Å²) in [5.74, 6) is 0.0241. The Morgan fingerprint density at radius 1 is 1.62 bits per heavy atom. The van der Waals surface area contributed by atoms with Crippen LogP contribution in [0.2, 0.25) is 0 Å². The molecule has 0 amide bonds. The van der Waals surface area contributed by atoms with Crippen LogP contribution in [0.25, 0.3) is 0 Å². The van der Waals surface area contributed by atoms with Gasteiger partial charge in [0.1, 0.15) is 5.82 Å². The molecule has 0 fully saturated rings. The van der Waals surface area contributed by atoms with E-state index in [0.29, 0.717) is 5.82 Å². The maximum absolute atomic E-state index is 12.7. The molecule has 13 heavy (non-hydrogen) atoms. The molecule has 0 saturated carbocycles. The largest absolute Gasteiger partial charge is 0.394 e. The second-order valence-electron chi connectivity index (χ2n) is 2.96. The van der Waals surface area contributed by atoms with Gasteiger partial charge in [-0.3, -0.25) is 0 Å². The summed E-state index contributed by atoms with van der Waals surface area (Å²) in [6, 6.07) is 4.53. The van der Waals surface area contributed by atoms with Gasteiger partial charge in [0.05, 0.1) is 12.6 Å². The highest BCUT2D eigenvalue weighted by Gasteiger charge is 2.09. The van der Waals surface area contributed by atoms with E-state index in [-0.39, 0.29) is 12.6 Å². The highest BCUT2D eigenvalue weighted by Crippen LogP contribution is 2.11. The van der Waals surface area contributed by atoms with Crippen LogP contribution in [0.1, 0.15) is 6.92 Å². The zero-order valence-electron chi connectivity index (χ0n) is 7.74. The summed E-state index contributed by atoms with van der Waals surface area (Å²) >= 11 is 0. The van der Waals surface area contributed by atoms with Crippen LogP contribution in [0.5, 0.6) is 0 Å². The second-order valence-corrected chi connectivity index (χ2v) is 2.96. The zero-order valence-corrected chi connectivity index (χ0v) is 7.74. The number of rotatable bonds is 3. The topological polar surface area (TPSA) is 36.4 Å². The summed E-state index contributed by atoms with van der Waals surface area (Å²) in [4.78, 5) is 5.42. The molecular formula is C9H13FN2O. The van der Waals surface area contributed by atoms with Gasteiger partial charge in [-0.1, -0.05) is 6.07 Å². The second kappa shape index (κ2) is 4.18. The van der Waals surface area contributed by atoms with Gasteiger partial charge in [-0.05, 0) is 19.1 Å². The fraction of sp³-hybridized carbons (Fsp3) is 0.444. The third-order valence-electron chi connectivity index (χ3n) is 1.99. The van der Waals surface area contributed by atoms with E-state index in [4.69, 9.17) is 5.11 Å². The molecule has 1 rings (SSSR count). The molecule has 1 unspecified atom stereocenters. The Balaban J connectivity index is 2.82. The fourth-order valence-corrected chi connectivity index (χ4v) is 0.942. The van der Waals surface area contributed by atoms with E-state index < -0.39 is 5.95 Å². The van der Waals surface area contributed by atoms with Gasteiger partial charge in [0.2, 0.25) is 5.95 Å². The van der Waals surface area contributed by atoms with Crippen LogP contribution in [0.3, 0.4) is 0 Å². The molecule has 0 radical (unpaired) electrons. The van der Waals surface area contributed by atoms with Crippen LogP contribution in [-0.4, -0.2) is 29.8 Å². The van der Waals surface area contributed by atoms with Crippen molar-refractivity contribution in [3.63, 3.8) is 0 Å². The normalized spacial score (nSPS) is 12.6. The molecule has 0 aromatic carbocycles. The molecule has 1 N–H and O–H groups in total. The Bertz CT molecular complexity index is 280. The standard InChI is InChI=1S/C9H13FN2O/c1-7(6-13)12(2)9-5-3-4-8(10)11-9/h3-5,7,13H,6H2,1-2H3. The molecule has 0 aliphatic rings. The molecule has 0 saturated heterocycles. The maximum Gasteiger partial charge on any atom is 0.214 e. The average molecular weight is 184 g/mol. The molecule has 1 heterocycles. The third kappa shape index (κ3) is 2.39. The molecule has 3 nitrogen and oxygen atoms in total. The van der Waals surface area contributed by atoms with E-state index in [1.54, 1.807) is 24.1 Å². The first-order chi connectivity index (χ1) is 6.15. The molecular weight excluding hydrogens is 171 g/mol. The summed E-state index contributed by atoms with van der Waals surface area (Å²) in [5.41, 5.74) is 0.